The van der Waals surface area contributed by atoms with Crippen molar-refractivity contribution in [2.24, 2.45) is 0 Å². The minimum Gasteiger partial charge on any atom is -0.397 e. The molecule has 9 aromatic carbocycles. The number of benzene rings is 9. The molecule has 6 amide bonds. The summed E-state index contributed by atoms with van der Waals surface area (Å²) in [5.41, 5.74) is 38.5. The number of anilines is 6. The minimum atomic E-state index is -0.432. The van der Waals surface area contributed by atoms with Gasteiger partial charge < -0.3 is 73.9 Å². The third-order valence-electron chi connectivity index (χ3n) is 18.8. The number of morpholine rings is 1. The summed E-state index contributed by atoms with van der Waals surface area (Å²) in [6.07, 6.45) is 5.96. The van der Waals surface area contributed by atoms with Gasteiger partial charge in [-0.1, -0.05) is 114 Å². The van der Waals surface area contributed by atoms with E-state index in [4.69, 9.17) is 37.9 Å². The van der Waals surface area contributed by atoms with Crippen LogP contribution in [0.3, 0.4) is 0 Å². The smallest absolute Gasteiger partial charge is 0.316 e. The van der Waals surface area contributed by atoms with E-state index in [1.807, 2.05) is 61.5 Å². The Bertz CT molecular complexity index is 6080. The molecule has 5 aromatic heterocycles. The lowest BCUT2D eigenvalue weighted by atomic mass is 9.99. The molecule has 117 heavy (non-hydrogen) atoms. The van der Waals surface area contributed by atoms with Gasteiger partial charge in [-0.3, -0.25) is 28.8 Å². The summed E-state index contributed by atoms with van der Waals surface area (Å²) in [5, 5.41) is 19.9. The van der Waals surface area contributed by atoms with E-state index in [9.17, 15) is 46.3 Å². The van der Waals surface area contributed by atoms with E-state index in [0.717, 1.165) is 39.7 Å². The summed E-state index contributed by atoms with van der Waals surface area (Å²) in [6.45, 7) is 3.70. The molecule has 15 rings (SSSR count). The number of aromatic nitrogens is 6. The van der Waals surface area contributed by atoms with Crippen molar-refractivity contribution < 1.29 is 55.6 Å². The Kier molecular flexibility index (Phi) is 26.0. The lowest BCUT2D eigenvalue weighted by molar-refractivity contribution is -0.135. The number of para-hydroxylation sites is 2. The standard InChI is InChI=1S/C23H23FN4O3.C22H19FN6O3.C22H17FN4O.C20H21FN4O/c24-17-3-1-2-15(12-17)16-4-5-18-19(13-16)22(25)27-14-20(18)23(30)26-7-6-21(29)28-8-10-31-11-9-28;1-29(2)22(31)21-27-18(28-32-21)11-26-20(30)17-10-25-19(24)16-9-13(6-7-15(16)17)12-4-3-5-14(23)8-12;23-15-5-3-4-13(10-15)14-8-9-16-17(11-14)21(25)26-12-18(16)22(28)27-20-7-2-1-6-19(20)24;1-25(2)9-8-23-20(26)18-12-24-19(22)17-11-14(6-7-16(17)18)13-4-3-5-15(21)10-13/h1-5,12-14H,6-11H2,(H2,25,27)(H,26,30);3-10H,11H2,1-2H3,(H2,24,25)(H,26,30);1-12H,24H2,(H2,25,26)(H,27,28);3-7,10-12H,8-9H2,1-2H3,(H2,22,24)(H,23,26). The Balaban J connectivity index is 0.000000144. The predicted molar refractivity (Wildman–Crippen MR) is 444 cm³/mol. The largest absolute Gasteiger partial charge is 0.397 e. The first-order valence-electron chi connectivity index (χ1n) is 36.7. The molecule has 1 aliphatic rings. The molecule has 0 unspecified atom stereocenters. The van der Waals surface area contributed by atoms with Gasteiger partial charge in [-0.2, -0.15) is 4.98 Å². The Morgan fingerprint density at radius 1 is 0.427 bits per heavy atom. The molecule has 30 heteroatoms. The average molecular weight is 1580 g/mol. The number of nitrogens with one attached hydrogen (secondary N) is 4. The first kappa shape index (κ1) is 81.7. The molecule has 1 aliphatic heterocycles. The van der Waals surface area contributed by atoms with E-state index in [2.05, 4.69) is 51.3 Å². The number of likely N-dealkylation sites (N-methyl/N-ethyl adjacent to an activating group) is 1. The second kappa shape index (κ2) is 37.2. The highest BCUT2D eigenvalue weighted by molar-refractivity contribution is 6.16. The second-order valence-corrected chi connectivity index (χ2v) is 27.3. The monoisotopic (exact) mass is 1580 g/mol. The van der Waals surface area contributed by atoms with E-state index in [0.29, 0.717) is 133 Å². The number of halogens is 4. The molecule has 0 spiro atoms. The zero-order chi connectivity index (χ0) is 83.0. The van der Waals surface area contributed by atoms with Crippen LogP contribution in [0.4, 0.5) is 52.2 Å². The van der Waals surface area contributed by atoms with E-state index in [1.54, 1.807) is 122 Å². The van der Waals surface area contributed by atoms with Crippen molar-refractivity contribution >= 4 is 113 Å². The maximum Gasteiger partial charge on any atom is 0.316 e. The molecule has 1 fully saturated rings. The third-order valence-corrected chi connectivity index (χ3v) is 18.8. The van der Waals surface area contributed by atoms with Gasteiger partial charge in [0, 0.05) is 99.6 Å². The SMILES string of the molecule is CN(C)C(=O)c1nc(CNC(=O)c2cnc(N)c3cc(-c4cccc(F)c4)ccc23)no1.CN(C)CCNC(=O)c1cnc(N)c2cc(-c3cccc(F)c3)ccc12.Nc1ccccc1NC(=O)c1cnc(N)c2cc(-c3cccc(F)c3)ccc12.Nc1ncc(C(=O)NCCC(=O)N2CCOCC2)c2ccc(-c3cccc(F)c3)cc12. The van der Waals surface area contributed by atoms with Crippen molar-refractivity contribution in [3.05, 3.63) is 276 Å². The zero-order valence-corrected chi connectivity index (χ0v) is 63.8. The molecule has 594 valence electrons. The van der Waals surface area contributed by atoms with Crippen LogP contribution in [0.1, 0.15) is 64.4 Å². The number of pyridine rings is 4. The summed E-state index contributed by atoms with van der Waals surface area (Å²) >= 11 is 0. The van der Waals surface area contributed by atoms with Crippen molar-refractivity contribution in [2.75, 3.05) is 108 Å². The maximum atomic E-state index is 13.6. The summed E-state index contributed by atoms with van der Waals surface area (Å²) in [5.74, 6) is -1.87. The van der Waals surface area contributed by atoms with Crippen LogP contribution in [0, 0.1) is 23.3 Å². The Morgan fingerprint density at radius 2 is 0.795 bits per heavy atom. The first-order chi connectivity index (χ1) is 56.3. The molecule has 14 N–H and O–H groups in total. The zero-order valence-electron chi connectivity index (χ0n) is 63.8. The van der Waals surface area contributed by atoms with Crippen LogP contribution in [-0.4, -0.2) is 154 Å². The lowest BCUT2D eigenvalue weighted by Gasteiger charge is -2.26. The normalized spacial score (nSPS) is 11.7. The van der Waals surface area contributed by atoms with Crippen LogP contribution < -0.4 is 49.9 Å². The summed E-state index contributed by atoms with van der Waals surface area (Å²) < 4.78 is 64.4. The van der Waals surface area contributed by atoms with Gasteiger partial charge in [0.15, 0.2) is 5.82 Å². The quantitative estimate of drug-likeness (QED) is 0.0284. The fourth-order valence-corrected chi connectivity index (χ4v) is 12.7. The van der Waals surface area contributed by atoms with Crippen molar-refractivity contribution in [3.8, 4) is 44.5 Å². The Labute approximate surface area is 668 Å². The number of hydrogen-bond donors (Lipinski definition) is 9. The number of hydrogen-bond acceptors (Lipinski definition) is 20. The molecular weight excluding hydrogens is 1500 g/mol. The van der Waals surface area contributed by atoms with Gasteiger partial charge in [-0.05, 0) is 165 Å². The number of fused-ring (bicyclic) bond motifs is 4. The third kappa shape index (κ3) is 20.2. The maximum absolute atomic E-state index is 13.6. The fourth-order valence-electron chi connectivity index (χ4n) is 12.7. The van der Waals surface area contributed by atoms with Crippen LogP contribution in [0.2, 0.25) is 0 Å². The molecule has 6 heterocycles. The number of nitrogen functional groups attached to an aromatic ring is 5. The number of rotatable bonds is 18. The number of carbonyl (C=O) groups is 6. The number of ether oxygens (including phenoxy) is 1. The number of nitrogens with zero attached hydrogens (tertiary/aromatic N) is 9. The molecule has 14 aromatic rings. The Morgan fingerprint density at radius 3 is 1.17 bits per heavy atom. The number of nitrogens with two attached hydrogens (primary N) is 5. The highest BCUT2D eigenvalue weighted by Gasteiger charge is 2.23. The van der Waals surface area contributed by atoms with Crippen LogP contribution in [0.5, 0.6) is 0 Å². The fraction of sp³-hybridized carbons (Fsp3) is 0.149. The lowest BCUT2D eigenvalue weighted by Crippen LogP contribution is -2.42. The second-order valence-electron chi connectivity index (χ2n) is 27.3. The molecular formula is C87H80F4N18O8. The van der Waals surface area contributed by atoms with Gasteiger partial charge in [0.05, 0.1) is 53.4 Å². The molecule has 1 saturated heterocycles. The van der Waals surface area contributed by atoms with Crippen molar-refractivity contribution in [1.82, 2.24) is 60.7 Å². The summed E-state index contributed by atoms with van der Waals surface area (Å²) in [4.78, 5) is 100. The van der Waals surface area contributed by atoms with Gasteiger partial charge >= 0.3 is 11.8 Å². The van der Waals surface area contributed by atoms with E-state index < -0.39 is 11.8 Å². The van der Waals surface area contributed by atoms with Crippen LogP contribution in [0.15, 0.2) is 223 Å². The topological polar surface area (TPSA) is 390 Å². The van der Waals surface area contributed by atoms with Gasteiger partial charge in [-0.15, -0.1) is 0 Å². The first-order valence-corrected chi connectivity index (χ1v) is 36.7. The Hall–Kier alpha value is -14.8. The molecule has 0 bridgehead atoms. The predicted octanol–water partition coefficient (Wildman–Crippen LogP) is 12.6. The van der Waals surface area contributed by atoms with E-state index >= 15 is 0 Å². The van der Waals surface area contributed by atoms with Crippen LogP contribution >= 0.6 is 0 Å². The highest BCUT2D eigenvalue weighted by atomic mass is 19.1. The van der Waals surface area contributed by atoms with E-state index in [1.165, 1.54) is 78.2 Å². The van der Waals surface area contributed by atoms with Crippen LogP contribution in [-0.2, 0) is 16.1 Å². The molecule has 26 nitrogen and oxygen atoms in total. The molecule has 0 aliphatic carbocycles. The minimum absolute atomic E-state index is 0.0105. The van der Waals surface area contributed by atoms with Crippen molar-refractivity contribution in [2.45, 2.75) is 13.0 Å². The molecule has 0 saturated carbocycles. The van der Waals surface area contributed by atoms with Crippen LogP contribution in [0.25, 0.3) is 87.6 Å². The number of amides is 6. The molecule has 0 atom stereocenters. The van der Waals surface area contributed by atoms with Gasteiger partial charge in [0.1, 0.15) is 46.5 Å². The average Bonchev–Trinajstić information content (AvgIpc) is 0.912. The van der Waals surface area contributed by atoms with Crippen molar-refractivity contribution in [3.63, 3.8) is 0 Å². The summed E-state index contributed by atoms with van der Waals surface area (Å²) in [6, 6.07) is 53.7. The highest BCUT2D eigenvalue weighted by Crippen LogP contribution is 2.35. The van der Waals surface area contributed by atoms with Gasteiger partial charge in [0.2, 0.25) is 5.91 Å². The van der Waals surface area contributed by atoms with E-state index in [-0.39, 0.29) is 89.8 Å². The number of carbonyl (C=O) groups excluding carboxylic acids is 6. The molecule has 0 radical (unpaired) electrons. The van der Waals surface area contributed by atoms with Crippen molar-refractivity contribution in [1.29, 1.82) is 0 Å². The van der Waals surface area contributed by atoms with Gasteiger partial charge in [0.25, 0.3) is 23.6 Å². The van der Waals surface area contributed by atoms with Gasteiger partial charge in [-0.25, -0.2) is 37.5 Å². The summed E-state index contributed by atoms with van der Waals surface area (Å²) in [7, 11) is 7.01.